The molecular weight excluding hydrogens is 288 g/mol. The molecular formula is C15H22N2O3S. The fourth-order valence-electron chi connectivity index (χ4n) is 2.70. The average molecular weight is 310 g/mol. The zero-order chi connectivity index (χ0) is 15.5. The lowest BCUT2D eigenvalue weighted by Gasteiger charge is -2.21. The van der Waals surface area contributed by atoms with Gasteiger partial charge in [0.05, 0.1) is 5.25 Å². The molecule has 0 radical (unpaired) electrons. The molecule has 21 heavy (non-hydrogen) atoms. The zero-order valence-electron chi connectivity index (χ0n) is 12.3. The first-order valence-corrected chi connectivity index (χ1v) is 8.98. The predicted octanol–water partition coefficient (Wildman–Crippen LogP) is 2.26. The Morgan fingerprint density at radius 2 is 1.95 bits per heavy atom. The molecule has 1 aromatic carbocycles. The van der Waals surface area contributed by atoms with Gasteiger partial charge in [0.2, 0.25) is 5.91 Å². The predicted molar refractivity (Wildman–Crippen MR) is 84.9 cm³/mol. The Morgan fingerprint density at radius 3 is 2.62 bits per heavy atom. The van der Waals surface area contributed by atoms with E-state index in [4.69, 9.17) is 5.73 Å². The van der Waals surface area contributed by atoms with Crippen molar-refractivity contribution >= 4 is 27.1 Å². The second-order valence-corrected chi connectivity index (χ2v) is 7.92. The average Bonchev–Trinajstić information content (AvgIpc) is 2.44. The summed E-state index contributed by atoms with van der Waals surface area (Å²) >= 11 is 0. The Kier molecular flexibility index (Phi) is 4.88. The Balaban J connectivity index is 2.02. The molecule has 0 saturated heterocycles. The maximum Gasteiger partial charge on any atom is 0.239 e. The topological polar surface area (TPSA) is 89.3 Å². The molecule has 1 aliphatic carbocycles. The van der Waals surface area contributed by atoms with Crippen LogP contribution in [0.15, 0.2) is 18.2 Å². The molecule has 2 rings (SSSR count). The molecule has 0 bridgehead atoms. The van der Waals surface area contributed by atoms with Crippen molar-refractivity contribution in [2.24, 2.45) is 0 Å². The van der Waals surface area contributed by atoms with Crippen LogP contribution in [0.25, 0.3) is 0 Å². The molecule has 1 amide bonds. The van der Waals surface area contributed by atoms with Gasteiger partial charge in [-0.05, 0) is 37.5 Å². The molecule has 6 heteroatoms. The number of nitrogens with two attached hydrogens (primary N) is 1. The Bertz CT molecular complexity index is 620. The van der Waals surface area contributed by atoms with E-state index in [0.717, 1.165) is 24.8 Å². The van der Waals surface area contributed by atoms with Gasteiger partial charge >= 0.3 is 0 Å². The van der Waals surface area contributed by atoms with Gasteiger partial charge in [-0.15, -0.1) is 0 Å². The van der Waals surface area contributed by atoms with E-state index in [1.807, 2.05) is 0 Å². The molecule has 5 nitrogen and oxygen atoms in total. The Morgan fingerprint density at radius 1 is 1.29 bits per heavy atom. The highest BCUT2D eigenvalue weighted by atomic mass is 32.2. The number of nitrogens with one attached hydrogen (secondary N) is 1. The third kappa shape index (κ3) is 3.97. The summed E-state index contributed by atoms with van der Waals surface area (Å²) in [6.45, 7) is 1.79. The van der Waals surface area contributed by atoms with Gasteiger partial charge in [0.15, 0.2) is 9.84 Å². The number of benzene rings is 1. The fourth-order valence-corrected chi connectivity index (χ4v) is 4.42. The molecule has 1 aromatic rings. The second kappa shape index (κ2) is 6.47. The highest BCUT2D eigenvalue weighted by Crippen LogP contribution is 2.25. The van der Waals surface area contributed by atoms with E-state index in [1.165, 1.54) is 0 Å². The SMILES string of the molecule is Cc1c(N)cccc1NC(=O)CS(=O)(=O)C1CCCCC1. The summed E-state index contributed by atoms with van der Waals surface area (Å²) in [4.78, 5) is 12.0. The van der Waals surface area contributed by atoms with Crippen molar-refractivity contribution in [1.29, 1.82) is 0 Å². The minimum absolute atomic E-state index is 0.362. The monoisotopic (exact) mass is 310 g/mol. The van der Waals surface area contributed by atoms with Crippen molar-refractivity contribution in [3.63, 3.8) is 0 Å². The maximum absolute atomic E-state index is 12.3. The number of carbonyl (C=O) groups excluding carboxylic acids is 1. The van der Waals surface area contributed by atoms with Gasteiger partial charge in [-0.1, -0.05) is 25.3 Å². The van der Waals surface area contributed by atoms with Gasteiger partial charge in [-0.2, -0.15) is 0 Å². The number of sulfone groups is 1. The molecule has 1 saturated carbocycles. The Labute approximate surface area is 125 Å². The van der Waals surface area contributed by atoms with E-state index in [-0.39, 0.29) is 5.25 Å². The van der Waals surface area contributed by atoms with E-state index < -0.39 is 21.5 Å². The van der Waals surface area contributed by atoms with Gasteiger partial charge < -0.3 is 11.1 Å². The van der Waals surface area contributed by atoms with Gasteiger partial charge in [0.25, 0.3) is 0 Å². The van der Waals surface area contributed by atoms with Gasteiger partial charge in [-0.3, -0.25) is 4.79 Å². The van der Waals surface area contributed by atoms with Crippen LogP contribution < -0.4 is 11.1 Å². The molecule has 1 fully saturated rings. The first kappa shape index (κ1) is 15.8. The van der Waals surface area contributed by atoms with E-state index in [2.05, 4.69) is 5.32 Å². The smallest absolute Gasteiger partial charge is 0.239 e. The zero-order valence-corrected chi connectivity index (χ0v) is 13.1. The van der Waals surface area contributed by atoms with Crippen LogP contribution in [0.1, 0.15) is 37.7 Å². The largest absolute Gasteiger partial charge is 0.398 e. The van der Waals surface area contributed by atoms with Crippen molar-refractivity contribution in [2.45, 2.75) is 44.3 Å². The number of nitrogen functional groups attached to an aromatic ring is 1. The molecule has 1 aliphatic rings. The minimum atomic E-state index is -3.37. The number of anilines is 2. The summed E-state index contributed by atoms with van der Waals surface area (Å²) in [5.74, 6) is -0.944. The summed E-state index contributed by atoms with van der Waals surface area (Å²) in [6.07, 6.45) is 4.29. The van der Waals surface area contributed by atoms with Gasteiger partial charge in [0.1, 0.15) is 5.75 Å². The number of carbonyl (C=O) groups is 1. The summed E-state index contributed by atoms with van der Waals surface area (Å²) in [7, 11) is -3.37. The van der Waals surface area contributed by atoms with Crippen LogP contribution in [0.5, 0.6) is 0 Å². The molecule has 3 N–H and O–H groups in total. The van der Waals surface area contributed by atoms with Crippen LogP contribution in [-0.2, 0) is 14.6 Å². The van der Waals surface area contributed by atoms with Crippen LogP contribution in [-0.4, -0.2) is 25.3 Å². The van der Waals surface area contributed by atoms with Crippen molar-refractivity contribution in [2.75, 3.05) is 16.8 Å². The minimum Gasteiger partial charge on any atom is -0.398 e. The highest BCUT2D eigenvalue weighted by Gasteiger charge is 2.29. The molecule has 0 aliphatic heterocycles. The van der Waals surface area contributed by atoms with Gasteiger partial charge in [0, 0.05) is 11.4 Å². The van der Waals surface area contributed by atoms with Crippen molar-refractivity contribution in [3.05, 3.63) is 23.8 Å². The first-order chi connectivity index (χ1) is 9.90. The molecule has 0 unspecified atom stereocenters. The quantitative estimate of drug-likeness (QED) is 0.835. The summed E-state index contributed by atoms with van der Waals surface area (Å²) in [6, 6.07) is 5.19. The number of amides is 1. The van der Waals surface area contributed by atoms with Crippen molar-refractivity contribution in [3.8, 4) is 0 Å². The maximum atomic E-state index is 12.3. The normalized spacial score (nSPS) is 16.6. The van der Waals surface area contributed by atoms with Gasteiger partial charge in [-0.25, -0.2) is 8.42 Å². The lowest BCUT2D eigenvalue weighted by Crippen LogP contribution is -2.32. The van der Waals surface area contributed by atoms with Crippen LogP contribution in [0.4, 0.5) is 11.4 Å². The fraction of sp³-hybridized carbons (Fsp3) is 0.533. The second-order valence-electron chi connectivity index (χ2n) is 5.64. The highest BCUT2D eigenvalue weighted by molar-refractivity contribution is 7.92. The standard InChI is InChI=1S/C15H22N2O3S/c1-11-13(16)8-5-9-14(11)17-15(18)10-21(19,20)12-6-3-2-4-7-12/h5,8-9,12H,2-4,6-7,10,16H2,1H3,(H,17,18). The van der Waals surface area contributed by atoms with E-state index >= 15 is 0 Å². The van der Waals surface area contributed by atoms with E-state index in [1.54, 1.807) is 25.1 Å². The van der Waals surface area contributed by atoms with E-state index in [0.29, 0.717) is 24.2 Å². The van der Waals surface area contributed by atoms with Crippen LogP contribution in [0.2, 0.25) is 0 Å². The third-order valence-electron chi connectivity index (χ3n) is 4.04. The molecule has 0 heterocycles. The lowest BCUT2D eigenvalue weighted by atomic mass is 10.0. The molecule has 0 aromatic heterocycles. The summed E-state index contributed by atoms with van der Waals surface area (Å²) < 4.78 is 24.5. The first-order valence-electron chi connectivity index (χ1n) is 7.26. The van der Waals surface area contributed by atoms with Crippen molar-refractivity contribution < 1.29 is 13.2 Å². The third-order valence-corrected chi connectivity index (χ3v) is 6.19. The summed E-state index contributed by atoms with van der Waals surface area (Å²) in [5.41, 5.74) is 7.66. The molecule has 0 spiro atoms. The summed E-state index contributed by atoms with van der Waals surface area (Å²) in [5, 5.41) is 2.29. The van der Waals surface area contributed by atoms with Crippen molar-refractivity contribution in [1.82, 2.24) is 0 Å². The number of hydrogen-bond acceptors (Lipinski definition) is 4. The molecule has 0 atom stereocenters. The number of hydrogen-bond donors (Lipinski definition) is 2. The van der Waals surface area contributed by atoms with Crippen LogP contribution in [0.3, 0.4) is 0 Å². The number of rotatable bonds is 4. The Hall–Kier alpha value is -1.56. The van der Waals surface area contributed by atoms with Crippen LogP contribution in [0, 0.1) is 6.92 Å². The molecule has 116 valence electrons. The lowest BCUT2D eigenvalue weighted by molar-refractivity contribution is -0.113. The van der Waals surface area contributed by atoms with Crippen LogP contribution >= 0.6 is 0 Å². The van der Waals surface area contributed by atoms with E-state index in [9.17, 15) is 13.2 Å².